The van der Waals surface area contributed by atoms with Crippen LogP contribution in [0, 0.1) is 0 Å². The molecule has 0 atom stereocenters. The van der Waals surface area contributed by atoms with Crippen molar-refractivity contribution in [3.8, 4) is 5.75 Å². The Bertz CT molecular complexity index is 823. The highest BCUT2D eigenvalue weighted by Gasteiger charge is 2.06. The molecule has 0 bridgehead atoms. The van der Waals surface area contributed by atoms with Gasteiger partial charge in [-0.05, 0) is 18.2 Å². The SMILES string of the molecule is CN(C)c1ncc(/C=C/c2nc3ccc(OCCO)cc3o2)s1. The van der Waals surface area contributed by atoms with Crippen molar-refractivity contribution in [3.05, 3.63) is 35.2 Å². The minimum Gasteiger partial charge on any atom is -0.491 e. The lowest BCUT2D eigenvalue weighted by Gasteiger charge is -2.04. The summed E-state index contributed by atoms with van der Waals surface area (Å²) in [6, 6.07) is 5.41. The molecule has 1 N–H and O–H groups in total. The van der Waals surface area contributed by atoms with E-state index in [1.54, 1.807) is 23.5 Å². The highest BCUT2D eigenvalue weighted by atomic mass is 32.1. The third kappa shape index (κ3) is 3.69. The largest absolute Gasteiger partial charge is 0.491 e. The topological polar surface area (TPSA) is 71.6 Å². The van der Waals surface area contributed by atoms with Gasteiger partial charge in [-0.1, -0.05) is 11.3 Å². The molecule has 23 heavy (non-hydrogen) atoms. The van der Waals surface area contributed by atoms with Gasteiger partial charge in [0.25, 0.3) is 0 Å². The summed E-state index contributed by atoms with van der Waals surface area (Å²) in [6.45, 7) is 0.234. The molecule has 0 spiro atoms. The van der Waals surface area contributed by atoms with E-state index in [0.717, 1.165) is 15.5 Å². The molecule has 0 unspecified atom stereocenters. The molecular weight excluding hydrogens is 314 g/mol. The van der Waals surface area contributed by atoms with Crippen molar-refractivity contribution in [1.29, 1.82) is 0 Å². The predicted octanol–water partition coefficient (Wildman–Crippen LogP) is 2.89. The molecule has 1 aromatic carbocycles. The third-order valence-corrected chi connectivity index (χ3v) is 4.15. The Morgan fingerprint density at radius 2 is 2.22 bits per heavy atom. The van der Waals surface area contributed by atoms with E-state index in [1.807, 2.05) is 43.4 Å². The first-order valence-corrected chi connectivity index (χ1v) is 7.93. The first-order chi connectivity index (χ1) is 11.2. The number of aliphatic hydroxyl groups excluding tert-OH is 1. The van der Waals surface area contributed by atoms with Crippen LogP contribution in [-0.2, 0) is 0 Å². The molecule has 7 heteroatoms. The van der Waals surface area contributed by atoms with Gasteiger partial charge in [0.2, 0.25) is 5.89 Å². The lowest BCUT2D eigenvalue weighted by molar-refractivity contribution is 0.201. The van der Waals surface area contributed by atoms with Crippen molar-refractivity contribution in [2.45, 2.75) is 0 Å². The second-order valence-corrected chi connectivity index (χ2v) is 6.07. The van der Waals surface area contributed by atoms with E-state index >= 15 is 0 Å². The molecule has 0 saturated carbocycles. The summed E-state index contributed by atoms with van der Waals surface area (Å²) in [5.41, 5.74) is 1.41. The minimum absolute atomic E-state index is 0.0216. The monoisotopic (exact) mass is 331 g/mol. The highest BCUT2D eigenvalue weighted by molar-refractivity contribution is 7.16. The van der Waals surface area contributed by atoms with Gasteiger partial charge in [0, 0.05) is 37.3 Å². The van der Waals surface area contributed by atoms with Crippen molar-refractivity contribution >= 4 is 39.7 Å². The maximum absolute atomic E-state index is 8.78. The smallest absolute Gasteiger partial charge is 0.220 e. The lowest BCUT2D eigenvalue weighted by atomic mass is 10.3. The summed E-state index contributed by atoms with van der Waals surface area (Å²) in [4.78, 5) is 11.7. The lowest BCUT2D eigenvalue weighted by Crippen LogP contribution is -2.07. The number of ether oxygens (including phenoxy) is 1. The molecule has 0 aliphatic heterocycles. The number of aliphatic hydroxyl groups is 1. The first-order valence-electron chi connectivity index (χ1n) is 7.11. The molecule has 3 aromatic rings. The molecular formula is C16H17N3O3S. The maximum atomic E-state index is 8.78. The molecule has 2 aromatic heterocycles. The van der Waals surface area contributed by atoms with Gasteiger partial charge in [-0.3, -0.25) is 0 Å². The molecule has 0 aliphatic carbocycles. The number of rotatable bonds is 6. The summed E-state index contributed by atoms with van der Waals surface area (Å²) >= 11 is 1.59. The standard InChI is InChI=1S/C16H17N3O3S/c1-19(2)16-17-10-12(23-16)4-6-15-18-13-5-3-11(21-8-7-20)9-14(13)22-15/h3-6,9-10,20H,7-8H2,1-2H3/b6-4+. The maximum Gasteiger partial charge on any atom is 0.220 e. The fraction of sp³-hybridized carbons (Fsp3) is 0.250. The molecule has 0 fully saturated rings. The Hall–Kier alpha value is -2.38. The van der Waals surface area contributed by atoms with Crippen molar-refractivity contribution in [2.75, 3.05) is 32.2 Å². The Morgan fingerprint density at radius 3 is 2.96 bits per heavy atom. The molecule has 0 amide bonds. The van der Waals surface area contributed by atoms with Crippen LogP contribution in [0.15, 0.2) is 28.8 Å². The summed E-state index contributed by atoms with van der Waals surface area (Å²) in [5.74, 6) is 1.18. The zero-order valence-corrected chi connectivity index (χ0v) is 13.7. The van der Waals surface area contributed by atoms with Gasteiger partial charge in [-0.25, -0.2) is 9.97 Å². The summed E-state index contributed by atoms with van der Waals surface area (Å²) < 4.78 is 11.1. The van der Waals surface area contributed by atoms with Crippen molar-refractivity contribution in [3.63, 3.8) is 0 Å². The molecule has 3 rings (SSSR count). The van der Waals surface area contributed by atoms with Crippen LogP contribution in [0.4, 0.5) is 5.13 Å². The van der Waals surface area contributed by atoms with E-state index in [1.165, 1.54) is 0 Å². The number of hydrogen-bond donors (Lipinski definition) is 1. The van der Waals surface area contributed by atoms with Crippen LogP contribution in [0.5, 0.6) is 5.75 Å². The van der Waals surface area contributed by atoms with Crippen LogP contribution in [0.1, 0.15) is 10.8 Å². The number of benzene rings is 1. The van der Waals surface area contributed by atoms with Crippen LogP contribution in [-0.4, -0.2) is 42.4 Å². The Kier molecular flexibility index (Phi) is 4.59. The zero-order valence-electron chi connectivity index (χ0n) is 12.9. The minimum atomic E-state index is -0.0216. The number of hydrogen-bond acceptors (Lipinski definition) is 7. The van der Waals surface area contributed by atoms with Crippen LogP contribution >= 0.6 is 11.3 Å². The number of thiazole rings is 1. The molecule has 0 aliphatic rings. The number of nitrogens with zero attached hydrogens (tertiary/aromatic N) is 3. The summed E-state index contributed by atoms with van der Waals surface area (Å²) in [7, 11) is 3.92. The van der Waals surface area contributed by atoms with Crippen LogP contribution in [0.3, 0.4) is 0 Å². The average molecular weight is 331 g/mol. The summed E-state index contributed by atoms with van der Waals surface area (Å²) in [6.07, 6.45) is 5.57. The Morgan fingerprint density at radius 1 is 1.35 bits per heavy atom. The second kappa shape index (κ2) is 6.80. The molecule has 0 radical (unpaired) electrons. The van der Waals surface area contributed by atoms with E-state index in [4.69, 9.17) is 14.3 Å². The third-order valence-electron chi connectivity index (χ3n) is 3.02. The number of anilines is 1. The number of oxazole rings is 1. The van der Waals surface area contributed by atoms with Crippen LogP contribution in [0.25, 0.3) is 23.3 Å². The Labute approximate surface area is 137 Å². The highest BCUT2D eigenvalue weighted by Crippen LogP contribution is 2.24. The van der Waals surface area contributed by atoms with E-state index in [2.05, 4.69) is 9.97 Å². The van der Waals surface area contributed by atoms with Crippen LogP contribution < -0.4 is 9.64 Å². The van der Waals surface area contributed by atoms with Gasteiger partial charge in [0.1, 0.15) is 17.9 Å². The molecule has 120 valence electrons. The zero-order chi connectivity index (χ0) is 16.2. The number of fused-ring (bicyclic) bond motifs is 1. The van der Waals surface area contributed by atoms with Crippen molar-refractivity contribution < 1.29 is 14.3 Å². The van der Waals surface area contributed by atoms with E-state index in [-0.39, 0.29) is 13.2 Å². The number of aromatic nitrogens is 2. The predicted molar refractivity (Wildman–Crippen MR) is 92.0 cm³/mol. The average Bonchev–Trinajstić information content (AvgIpc) is 3.16. The first kappa shape index (κ1) is 15.5. The van der Waals surface area contributed by atoms with Gasteiger partial charge in [-0.2, -0.15) is 0 Å². The van der Waals surface area contributed by atoms with Gasteiger partial charge in [0.05, 0.1) is 6.61 Å². The van der Waals surface area contributed by atoms with E-state index in [0.29, 0.717) is 17.2 Å². The fourth-order valence-corrected chi connectivity index (χ4v) is 2.70. The fourth-order valence-electron chi connectivity index (χ4n) is 1.96. The van der Waals surface area contributed by atoms with E-state index < -0.39 is 0 Å². The van der Waals surface area contributed by atoms with Crippen LogP contribution in [0.2, 0.25) is 0 Å². The van der Waals surface area contributed by atoms with Gasteiger partial charge >= 0.3 is 0 Å². The second-order valence-electron chi connectivity index (χ2n) is 5.03. The normalized spacial score (nSPS) is 11.4. The molecule has 0 saturated heterocycles. The van der Waals surface area contributed by atoms with Gasteiger partial charge < -0.3 is 19.2 Å². The van der Waals surface area contributed by atoms with Gasteiger partial charge in [-0.15, -0.1) is 0 Å². The van der Waals surface area contributed by atoms with Crippen molar-refractivity contribution in [1.82, 2.24) is 9.97 Å². The summed E-state index contributed by atoms with van der Waals surface area (Å²) in [5, 5.41) is 9.73. The molecule has 2 heterocycles. The van der Waals surface area contributed by atoms with E-state index in [9.17, 15) is 0 Å². The van der Waals surface area contributed by atoms with Crippen molar-refractivity contribution in [2.24, 2.45) is 0 Å². The van der Waals surface area contributed by atoms with Gasteiger partial charge in [0.15, 0.2) is 10.7 Å². The molecule has 6 nitrogen and oxygen atoms in total. The Balaban J connectivity index is 1.78. The quantitative estimate of drug-likeness (QED) is 0.749.